The van der Waals surface area contributed by atoms with Gasteiger partial charge < -0.3 is 4.98 Å². The molecule has 0 amide bonds. The highest BCUT2D eigenvalue weighted by Gasteiger charge is 2.39. The summed E-state index contributed by atoms with van der Waals surface area (Å²) >= 11 is 0. The molecule has 1 aliphatic carbocycles. The second kappa shape index (κ2) is 1.84. The van der Waals surface area contributed by atoms with E-state index >= 15 is 0 Å². The minimum atomic E-state index is 0.225. The Morgan fingerprint density at radius 2 is 2.70 bits per heavy atom. The number of nitrogens with zero attached hydrogens (tertiary/aromatic N) is 2. The van der Waals surface area contributed by atoms with Crippen LogP contribution in [0.2, 0.25) is 0 Å². The summed E-state index contributed by atoms with van der Waals surface area (Å²) in [6.45, 7) is 0. The molecular weight excluding hydrogens is 126 g/mol. The van der Waals surface area contributed by atoms with Crippen molar-refractivity contribution >= 4 is 0 Å². The zero-order chi connectivity index (χ0) is 6.97. The highest BCUT2D eigenvalue weighted by Crippen LogP contribution is 2.45. The Morgan fingerprint density at radius 1 is 1.80 bits per heavy atom. The molecule has 0 saturated heterocycles. The summed E-state index contributed by atoms with van der Waals surface area (Å²) in [4.78, 5) is 6.94. The number of nitrogens with one attached hydrogen (secondary N) is 1. The van der Waals surface area contributed by atoms with Gasteiger partial charge in [-0.3, -0.25) is 0 Å². The maximum Gasteiger partial charge on any atom is 0.0923 e. The number of aromatic amines is 1. The van der Waals surface area contributed by atoms with Crippen LogP contribution in [-0.4, -0.2) is 9.97 Å². The summed E-state index contributed by atoms with van der Waals surface area (Å²) in [6.07, 6.45) is 4.51. The van der Waals surface area contributed by atoms with Crippen LogP contribution in [0.1, 0.15) is 18.0 Å². The first-order valence-corrected chi connectivity index (χ1v) is 3.30. The molecule has 0 aromatic carbocycles. The smallest absolute Gasteiger partial charge is 0.0923 e. The molecule has 1 aromatic rings. The second-order valence-electron chi connectivity index (χ2n) is 2.57. The lowest BCUT2D eigenvalue weighted by atomic mass is 10.3. The number of rotatable bonds is 1. The Hall–Kier alpha value is -1.30. The van der Waals surface area contributed by atoms with Crippen LogP contribution in [0.5, 0.6) is 0 Å². The molecule has 1 fully saturated rings. The van der Waals surface area contributed by atoms with Gasteiger partial charge in [0.25, 0.3) is 0 Å². The number of H-pyrrole nitrogens is 1. The maximum absolute atomic E-state index is 8.49. The van der Waals surface area contributed by atoms with Gasteiger partial charge in [-0.05, 0) is 6.42 Å². The summed E-state index contributed by atoms with van der Waals surface area (Å²) < 4.78 is 0. The standard InChI is InChI=1S/C7H7N3/c8-2-5-1-6(5)7-3-9-4-10-7/h3-6H,1H2,(H,9,10). The zero-order valence-corrected chi connectivity index (χ0v) is 5.41. The van der Waals surface area contributed by atoms with Gasteiger partial charge in [0.15, 0.2) is 0 Å². The number of imidazole rings is 1. The van der Waals surface area contributed by atoms with Crippen molar-refractivity contribution < 1.29 is 0 Å². The Kier molecular flexibility index (Phi) is 1.01. The van der Waals surface area contributed by atoms with E-state index < -0.39 is 0 Å². The van der Waals surface area contributed by atoms with Crippen LogP contribution in [0.15, 0.2) is 12.5 Å². The van der Waals surface area contributed by atoms with Gasteiger partial charge in [0.1, 0.15) is 0 Å². The monoisotopic (exact) mass is 133 g/mol. The molecule has 3 nitrogen and oxygen atoms in total. The van der Waals surface area contributed by atoms with Gasteiger partial charge in [-0.2, -0.15) is 5.26 Å². The van der Waals surface area contributed by atoms with E-state index in [1.165, 1.54) is 0 Å². The van der Waals surface area contributed by atoms with Crippen LogP contribution < -0.4 is 0 Å². The minimum absolute atomic E-state index is 0.225. The fraction of sp³-hybridized carbons (Fsp3) is 0.429. The number of hydrogen-bond acceptors (Lipinski definition) is 2. The molecule has 1 aliphatic rings. The van der Waals surface area contributed by atoms with Crippen LogP contribution >= 0.6 is 0 Å². The molecule has 0 bridgehead atoms. The molecule has 1 heterocycles. The fourth-order valence-corrected chi connectivity index (χ4v) is 1.14. The molecule has 1 N–H and O–H groups in total. The van der Waals surface area contributed by atoms with Crippen molar-refractivity contribution in [3.05, 3.63) is 18.2 Å². The van der Waals surface area contributed by atoms with Crippen molar-refractivity contribution in [1.29, 1.82) is 5.26 Å². The highest BCUT2D eigenvalue weighted by molar-refractivity contribution is 5.20. The summed E-state index contributed by atoms with van der Waals surface area (Å²) in [7, 11) is 0. The Labute approximate surface area is 58.7 Å². The van der Waals surface area contributed by atoms with Crippen LogP contribution in [0.25, 0.3) is 0 Å². The first-order chi connectivity index (χ1) is 4.92. The lowest BCUT2D eigenvalue weighted by Crippen LogP contribution is -1.79. The van der Waals surface area contributed by atoms with Gasteiger partial charge in [0.2, 0.25) is 0 Å². The first kappa shape index (κ1) is 5.48. The normalized spacial score (nSPS) is 29.5. The van der Waals surface area contributed by atoms with Gasteiger partial charge in [-0.15, -0.1) is 0 Å². The van der Waals surface area contributed by atoms with Crippen LogP contribution in [0.3, 0.4) is 0 Å². The third kappa shape index (κ3) is 0.695. The van der Waals surface area contributed by atoms with Gasteiger partial charge in [-0.25, -0.2) is 4.98 Å². The van der Waals surface area contributed by atoms with Gasteiger partial charge in [0.05, 0.1) is 24.0 Å². The molecule has 10 heavy (non-hydrogen) atoms. The largest absolute Gasteiger partial charge is 0.351 e. The SMILES string of the molecule is N#CC1CC1c1c[nH]cn1. The third-order valence-electron chi connectivity index (χ3n) is 1.86. The molecule has 0 aliphatic heterocycles. The Balaban J connectivity index is 2.13. The van der Waals surface area contributed by atoms with Gasteiger partial charge >= 0.3 is 0 Å². The van der Waals surface area contributed by atoms with E-state index in [4.69, 9.17) is 5.26 Å². The summed E-state index contributed by atoms with van der Waals surface area (Å²) in [5.41, 5.74) is 1.03. The molecule has 1 aromatic heterocycles. The summed E-state index contributed by atoms with van der Waals surface area (Å²) in [5.74, 6) is 0.638. The number of hydrogen-bond donors (Lipinski definition) is 1. The second-order valence-corrected chi connectivity index (χ2v) is 2.57. The lowest BCUT2D eigenvalue weighted by molar-refractivity contribution is 0.978. The van der Waals surface area contributed by atoms with Crippen LogP contribution in [-0.2, 0) is 0 Å². The van der Waals surface area contributed by atoms with E-state index in [-0.39, 0.29) is 5.92 Å². The van der Waals surface area contributed by atoms with Crippen molar-refractivity contribution in [2.24, 2.45) is 5.92 Å². The minimum Gasteiger partial charge on any atom is -0.351 e. The van der Waals surface area contributed by atoms with Crippen molar-refractivity contribution in [2.45, 2.75) is 12.3 Å². The van der Waals surface area contributed by atoms with Crippen LogP contribution in [0, 0.1) is 17.2 Å². The Bertz CT molecular complexity index is 257. The van der Waals surface area contributed by atoms with E-state index in [0.29, 0.717) is 5.92 Å². The lowest BCUT2D eigenvalue weighted by Gasteiger charge is -1.83. The average Bonchev–Trinajstić information content (AvgIpc) is 2.56. The van der Waals surface area contributed by atoms with E-state index in [1.807, 2.05) is 6.20 Å². The molecule has 50 valence electrons. The molecule has 2 atom stereocenters. The van der Waals surface area contributed by atoms with Gasteiger partial charge in [0, 0.05) is 12.1 Å². The first-order valence-electron chi connectivity index (χ1n) is 3.30. The summed E-state index contributed by atoms with van der Waals surface area (Å²) in [5, 5.41) is 8.49. The molecular formula is C7H7N3. The van der Waals surface area contributed by atoms with Gasteiger partial charge in [-0.1, -0.05) is 0 Å². The van der Waals surface area contributed by atoms with E-state index in [1.54, 1.807) is 6.33 Å². The number of nitriles is 1. The molecule has 3 heteroatoms. The predicted octanol–water partition coefficient (Wildman–Crippen LogP) is 1.04. The van der Waals surface area contributed by atoms with Crippen molar-refractivity contribution in [3.8, 4) is 6.07 Å². The van der Waals surface area contributed by atoms with E-state index in [9.17, 15) is 0 Å². The highest BCUT2D eigenvalue weighted by atomic mass is 14.9. The van der Waals surface area contributed by atoms with E-state index in [2.05, 4.69) is 16.0 Å². The van der Waals surface area contributed by atoms with Crippen LogP contribution in [0.4, 0.5) is 0 Å². The average molecular weight is 133 g/mol. The third-order valence-corrected chi connectivity index (χ3v) is 1.86. The van der Waals surface area contributed by atoms with Crippen molar-refractivity contribution in [1.82, 2.24) is 9.97 Å². The predicted molar refractivity (Wildman–Crippen MR) is 35.0 cm³/mol. The molecule has 0 radical (unpaired) electrons. The molecule has 1 saturated carbocycles. The molecule has 2 unspecified atom stereocenters. The quantitative estimate of drug-likeness (QED) is 0.622. The van der Waals surface area contributed by atoms with Crippen molar-refractivity contribution in [2.75, 3.05) is 0 Å². The number of aromatic nitrogens is 2. The summed E-state index contributed by atoms with van der Waals surface area (Å²) in [6, 6.07) is 2.22. The maximum atomic E-state index is 8.49. The topological polar surface area (TPSA) is 52.5 Å². The Morgan fingerprint density at radius 3 is 3.20 bits per heavy atom. The zero-order valence-electron chi connectivity index (χ0n) is 5.41. The molecule has 2 rings (SSSR count). The fourth-order valence-electron chi connectivity index (χ4n) is 1.14. The van der Waals surface area contributed by atoms with E-state index in [0.717, 1.165) is 12.1 Å². The molecule has 0 spiro atoms. The van der Waals surface area contributed by atoms with Crippen molar-refractivity contribution in [3.63, 3.8) is 0 Å².